The van der Waals surface area contributed by atoms with Crippen LogP contribution in [0.5, 0.6) is 0 Å². The first kappa shape index (κ1) is 29.3. The first-order valence-electron chi connectivity index (χ1n) is 12.4. The van der Waals surface area contributed by atoms with Crippen molar-refractivity contribution in [1.82, 2.24) is 4.57 Å². The Labute approximate surface area is 242 Å². The summed E-state index contributed by atoms with van der Waals surface area (Å²) in [4.78, 5) is 55.7. The van der Waals surface area contributed by atoms with Gasteiger partial charge in [0.25, 0.3) is 5.91 Å². The molecule has 2 amide bonds. The zero-order chi connectivity index (χ0) is 27.9. The average Bonchev–Trinajstić information content (AvgIpc) is 3.29. The van der Waals surface area contributed by atoms with E-state index in [0.717, 1.165) is 59.0 Å². The van der Waals surface area contributed by atoms with Gasteiger partial charge >= 0.3 is 11.9 Å². The van der Waals surface area contributed by atoms with Crippen molar-refractivity contribution in [3.63, 3.8) is 0 Å². The number of carbonyl (C=O) groups is 4. The number of nitrogens with one attached hydrogen (secondary N) is 1. The Hall–Kier alpha value is -2.67. The highest BCUT2D eigenvalue weighted by Crippen LogP contribution is 2.38. The highest BCUT2D eigenvalue weighted by Gasteiger charge is 2.26. The second-order valence-electron chi connectivity index (χ2n) is 8.69. The zero-order valence-electron chi connectivity index (χ0n) is 21.5. The van der Waals surface area contributed by atoms with E-state index in [0.29, 0.717) is 25.9 Å². The number of halogens is 1. The summed E-state index contributed by atoms with van der Waals surface area (Å²) >= 11 is 9.90. The van der Waals surface area contributed by atoms with Crippen LogP contribution in [0.1, 0.15) is 47.0 Å². The molecule has 0 saturated carbocycles. The normalized spacial score (nSPS) is 13.6. The van der Waals surface area contributed by atoms with Crippen molar-refractivity contribution in [2.45, 2.75) is 45.6 Å². The highest BCUT2D eigenvalue weighted by molar-refractivity contribution is 8.00. The maximum absolute atomic E-state index is 12.7. The number of esters is 2. The molecule has 208 valence electrons. The predicted octanol–water partition coefficient (Wildman–Crippen LogP) is 4.84. The van der Waals surface area contributed by atoms with Gasteiger partial charge in [-0.3, -0.25) is 14.4 Å². The Kier molecular flexibility index (Phi) is 10.2. The molecule has 3 aromatic rings. The molecule has 39 heavy (non-hydrogen) atoms. The fourth-order valence-corrected chi connectivity index (χ4v) is 7.52. The molecule has 13 heteroatoms. The number of methoxy groups -OCH3 is 1. The van der Waals surface area contributed by atoms with Crippen LogP contribution in [0.3, 0.4) is 0 Å². The van der Waals surface area contributed by atoms with Crippen molar-refractivity contribution in [2.24, 2.45) is 4.99 Å². The molecule has 2 heterocycles. The molecule has 0 aliphatic heterocycles. The third kappa shape index (κ3) is 7.30. The van der Waals surface area contributed by atoms with Crippen LogP contribution >= 0.6 is 46.0 Å². The van der Waals surface area contributed by atoms with Crippen LogP contribution in [0, 0.1) is 0 Å². The molecule has 4 rings (SSSR count). The Morgan fingerprint density at radius 2 is 1.92 bits per heavy atom. The van der Waals surface area contributed by atoms with Gasteiger partial charge in [-0.2, -0.15) is 4.99 Å². The van der Waals surface area contributed by atoms with Crippen LogP contribution in [-0.4, -0.2) is 53.5 Å². The van der Waals surface area contributed by atoms with E-state index < -0.39 is 17.8 Å². The number of hydrogen-bond donors (Lipinski definition) is 1. The number of carbonyl (C=O) groups excluding carboxylic acids is 4. The van der Waals surface area contributed by atoms with Crippen molar-refractivity contribution in [3.05, 3.63) is 44.0 Å². The third-order valence-corrected chi connectivity index (χ3v) is 9.38. The Bertz CT molecular complexity index is 1480. The maximum Gasteiger partial charge on any atom is 0.341 e. The fourth-order valence-electron chi connectivity index (χ4n) is 4.30. The molecule has 2 aromatic heterocycles. The van der Waals surface area contributed by atoms with Crippen molar-refractivity contribution in [1.29, 1.82) is 0 Å². The molecule has 9 nitrogen and oxygen atoms in total. The largest absolute Gasteiger partial charge is 0.465 e. The standard InChI is InChI=1S/C26H28ClN3O6S3/c1-3-36-22(33)12-30-17-10-9-15(27)11-19(17)39-26(30)29-21(32)14-37-13-20(31)28-24-23(25(34)35-2)16-7-5-4-6-8-18(16)38-24/h9-11H,3-8,12-14H2,1-2H3,(H,28,31). The number of aryl methyl sites for hydroxylation is 1. The van der Waals surface area contributed by atoms with Gasteiger partial charge in [0.2, 0.25) is 5.91 Å². The fraction of sp³-hybridized carbons (Fsp3) is 0.423. The number of thiophene rings is 1. The quantitative estimate of drug-likeness (QED) is 0.273. The van der Waals surface area contributed by atoms with E-state index in [2.05, 4.69) is 10.3 Å². The van der Waals surface area contributed by atoms with Crippen molar-refractivity contribution in [3.8, 4) is 0 Å². The van der Waals surface area contributed by atoms with E-state index in [1.54, 1.807) is 29.7 Å². The van der Waals surface area contributed by atoms with Gasteiger partial charge < -0.3 is 19.4 Å². The molecule has 0 fully saturated rings. The van der Waals surface area contributed by atoms with Gasteiger partial charge in [0.1, 0.15) is 11.5 Å². The van der Waals surface area contributed by atoms with Crippen LogP contribution < -0.4 is 10.1 Å². The summed E-state index contributed by atoms with van der Waals surface area (Å²) in [5, 5.41) is 3.87. The minimum Gasteiger partial charge on any atom is -0.465 e. The minimum absolute atomic E-state index is 0.00922. The van der Waals surface area contributed by atoms with Crippen LogP contribution in [0.15, 0.2) is 23.2 Å². The van der Waals surface area contributed by atoms with E-state index in [9.17, 15) is 19.2 Å². The smallest absolute Gasteiger partial charge is 0.341 e. The van der Waals surface area contributed by atoms with Crippen molar-refractivity contribution >= 4 is 85.0 Å². The van der Waals surface area contributed by atoms with Crippen LogP contribution in [0.25, 0.3) is 10.2 Å². The number of benzene rings is 1. The number of ether oxygens (including phenoxy) is 2. The summed E-state index contributed by atoms with van der Waals surface area (Å²) in [5.41, 5.74) is 2.13. The van der Waals surface area contributed by atoms with Gasteiger partial charge in [0.15, 0.2) is 4.80 Å². The Morgan fingerprint density at radius 3 is 2.69 bits per heavy atom. The molecule has 0 unspecified atom stereocenters. The first-order chi connectivity index (χ1) is 18.8. The summed E-state index contributed by atoms with van der Waals surface area (Å²) in [6.45, 7) is 1.87. The number of amides is 2. The summed E-state index contributed by atoms with van der Waals surface area (Å²) in [6.07, 6.45) is 4.82. The molecule has 1 N–H and O–H groups in total. The second kappa shape index (κ2) is 13.6. The zero-order valence-corrected chi connectivity index (χ0v) is 24.7. The number of fused-ring (bicyclic) bond motifs is 2. The lowest BCUT2D eigenvalue weighted by Crippen LogP contribution is -2.23. The van der Waals surface area contributed by atoms with E-state index >= 15 is 0 Å². The molecule has 1 aliphatic rings. The van der Waals surface area contributed by atoms with Gasteiger partial charge in [-0.15, -0.1) is 23.1 Å². The number of thioether (sulfide) groups is 1. The number of aromatic nitrogens is 1. The van der Waals surface area contributed by atoms with E-state index in [1.807, 2.05) is 0 Å². The third-order valence-electron chi connectivity index (χ3n) is 5.98. The lowest BCUT2D eigenvalue weighted by Gasteiger charge is -2.07. The van der Waals surface area contributed by atoms with Crippen molar-refractivity contribution < 1.29 is 28.7 Å². The molecule has 0 atom stereocenters. The van der Waals surface area contributed by atoms with Gasteiger partial charge in [-0.1, -0.05) is 29.4 Å². The molecular formula is C26H28ClN3O6S3. The SMILES string of the molecule is CCOC(=O)Cn1c(=NC(=O)CSCC(=O)Nc2sc3c(c2C(=O)OC)CCCCC3)sc2cc(Cl)ccc21. The van der Waals surface area contributed by atoms with E-state index in [1.165, 1.54) is 29.8 Å². The molecule has 0 spiro atoms. The summed E-state index contributed by atoms with van der Waals surface area (Å²) < 4.78 is 12.5. The van der Waals surface area contributed by atoms with E-state index in [4.69, 9.17) is 21.1 Å². The van der Waals surface area contributed by atoms with Crippen molar-refractivity contribution in [2.75, 3.05) is 30.5 Å². The minimum atomic E-state index is -0.452. The van der Waals surface area contributed by atoms with Crippen LogP contribution in [-0.2, 0) is 43.2 Å². The number of rotatable bonds is 9. The maximum atomic E-state index is 12.7. The highest BCUT2D eigenvalue weighted by atomic mass is 35.5. The molecular weight excluding hydrogens is 582 g/mol. The number of hydrogen-bond acceptors (Lipinski definition) is 9. The number of nitrogens with zero attached hydrogens (tertiary/aromatic N) is 2. The first-order valence-corrected chi connectivity index (χ1v) is 15.6. The summed E-state index contributed by atoms with van der Waals surface area (Å²) in [7, 11) is 1.33. The summed E-state index contributed by atoms with van der Waals surface area (Å²) in [6, 6.07) is 5.22. The monoisotopic (exact) mass is 609 g/mol. The lowest BCUT2D eigenvalue weighted by molar-refractivity contribution is -0.143. The molecule has 1 aromatic carbocycles. The lowest BCUT2D eigenvalue weighted by atomic mass is 10.1. The van der Waals surface area contributed by atoms with E-state index in [-0.39, 0.29) is 30.6 Å². The summed E-state index contributed by atoms with van der Waals surface area (Å²) in [5.74, 6) is -1.68. The Balaban J connectivity index is 1.43. The topological polar surface area (TPSA) is 116 Å². The van der Waals surface area contributed by atoms with Gasteiger partial charge in [0, 0.05) is 9.90 Å². The van der Waals surface area contributed by atoms with Crippen LogP contribution in [0.2, 0.25) is 5.02 Å². The molecule has 0 radical (unpaired) electrons. The molecule has 1 aliphatic carbocycles. The molecule has 0 bridgehead atoms. The second-order valence-corrected chi connectivity index (χ2v) is 12.2. The van der Waals surface area contributed by atoms with Gasteiger partial charge in [-0.25, -0.2) is 4.79 Å². The Morgan fingerprint density at radius 1 is 1.13 bits per heavy atom. The number of anilines is 1. The molecule has 0 saturated heterocycles. The number of thiazole rings is 1. The van der Waals surface area contributed by atoms with Gasteiger partial charge in [-0.05, 0) is 56.4 Å². The van der Waals surface area contributed by atoms with Crippen LogP contribution in [0.4, 0.5) is 5.00 Å². The average molecular weight is 610 g/mol. The van der Waals surface area contributed by atoms with Gasteiger partial charge in [0.05, 0.1) is 41.0 Å². The predicted molar refractivity (Wildman–Crippen MR) is 155 cm³/mol.